The average Bonchev–Trinajstić information content (AvgIpc) is 2.75. The molecule has 2 saturated carbocycles. The van der Waals surface area contributed by atoms with Gasteiger partial charge in [-0.15, -0.1) is 0 Å². The predicted octanol–water partition coefficient (Wildman–Crippen LogP) is 3.98. The molecule has 0 aromatic rings. The highest BCUT2D eigenvalue weighted by Gasteiger charge is 2.57. The van der Waals surface area contributed by atoms with Crippen LogP contribution in [-0.4, -0.2) is 27.7 Å². The topological polar surface area (TPSA) is 76.0 Å². The highest BCUT2D eigenvalue weighted by molar-refractivity contribution is 5.86. The maximum atomic E-state index is 11.6. The summed E-state index contributed by atoms with van der Waals surface area (Å²) in [5.74, 6) is -1.91. The van der Waals surface area contributed by atoms with Gasteiger partial charge in [0.1, 0.15) is 5.60 Å². The molecule has 5 nitrogen and oxygen atoms in total. The third kappa shape index (κ3) is 2.77. The first kappa shape index (κ1) is 18.6. The van der Waals surface area contributed by atoms with E-state index in [0.717, 1.165) is 31.3 Å². The number of rotatable bonds is 2. The molecule has 0 saturated heterocycles. The van der Waals surface area contributed by atoms with E-state index in [1.165, 1.54) is 6.08 Å². The highest BCUT2D eigenvalue weighted by Crippen LogP contribution is 2.62. The number of esters is 1. The standard InChI is InChI=1S/C20H30O5/c1-13-11-16(21)24-20(13,22)12-15-18(4)9-6-8-17(2,3)14(18)7-10-19(15,5)25-23/h11-12,14,22-23H,6-10H2,1-5H3/b15-12-/t14-,18-,19-,20?/m0/s1. The second kappa shape index (κ2) is 5.66. The van der Waals surface area contributed by atoms with E-state index in [2.05, 4.69) is 20.8 Å². The Kier molecular flexibility index (Phi) is 4.22. The van der Waals surface area contributed by atoms with E-state index in [1.807, 2.05) is 6.92 Å². The number of cyclic esters (lactones) is 1. The summed E-state index contributed by atoms with van der Waals surface area (Å²) < 4.78 is 5.19. The van der Waals surface area contributed by atoms with Gasteiger partial charge in [-0.05, 0) is 67.9 Å². The van der Waals surface area contributed by atoms with Crippen LogP contribution in [0.25, 0.3) is 0 Å². The number of aliphatic hydroxyl groups is 1. The molecular weight excluding hydrogens is 320 g/mol. The summed E-state index contributed by atoms with van der Waals surface area (Å²) in [6.07, 6.45) is 7.73. The molecule has 4 atom stereocenters. The van der Waals surface area contributed by atoms with E-state index in [1.54, 1.807) is 13.0 Å². The summed E-state index contributed by atoms with van der Waals surface area (Å²) in [6.45, 7) is 10.3. The molecular formula is C20H30O5. The fourth-order valence-corrected chi connectivity index (χ4v) is 5.61. The molecule has 0 spiro atoms. The quantitative estimate of drug-likeness (QED) is 0.341. The zero-order valence-corrected chi connectivity index (χ0v) is 15.9. The molecule has 2 N–H and O–H groups in total. The maximum Gasteiger partial charge on any atom is 0.333 e. The number of carbonyl (C=O) groups is 1. The van der Waals surface area contributed by atoms with Crippen molar-refractivity contribution in [1.82, 2.24) is 0 Å². The largest absolute Gasteiger partial charge is 0.422 e. The minimum atomic E-state index is -1.77. The first-order valence-corrected chi connectivity index (χ1v) is 9.17. The summed E-state index contributed by atoms with van der Waals surface area (Å²) in [5, 5.41) is 20.6. The molecule has 1 unspecified atom stereocenters. The smallest absolute Gasteiger partial charge is 0.333 e. The van der Waals surface area contributed by atoms with Crippen molar-refractivity contribution in [3.05, 3.63) is 23.3 Å². The normalized spacial score (nSPS) is 45.1. The Balaban J connectivity index is 2.13. The van der Waals surface area contributed by atoms with Gasteiger partial charge in [-0.3, -0.25) is 5.26 Å². The molecule has 0 aromatic heterocycles. The van der Waals surface area contributed by atoms with Gasteiger partial charge in [0.25, 0.3) is 5.79 Å². The van der Waals surface area contributed by atoms with E-state index >= 15 is 0 Å². The zero-order valence-electron chi connectivity index (χ0n) is 15.9. The number of hydrogen-bond donors (Lipinski definition) is 2. The van der Waals surface area contributed by atoms with Crippen LogP contribution < -0.4 is 0 Å². The van der Waals surface area contributed by atoms with Crippen LogP contribution in [0.5, 0.6) is 0 Å². The highest BCUT2D eigenvalue weighted by atomic mass is 17.1. The summed E-state index contributed by atoms with van der Waals surface area (Å²) in [5.41, 5.74) is 0.317. The van der Waals surface area contributed by atoms with Crippen molar-refractivity contribution in [1.29, 1.82) is 0 Å². The van der Waals surface area contributed by atoms with Gasteiger partial charge in [0.2, 0.25) is 0 Å². The Labute approximate surface area is 149 Å². The molecule has 140 valence electrons. The van der Waals surface area contributed by atoms with Crippen molar-refractivity contribution in [2.45, 2.75) is 78.1 Å². The molecule has 0 radical (unpaired) electrons. The molecule has 0 aromatic carbocycles. The first-order valence-electron chi connectivity index (χ1n) is 9.17. The fraction of sp³-hybridized carbons (Fsp3) is 0.750. The molecule has 3 aliphatic rings. The molecule has 2 fully saturated rings. The van der Waals surface area contributed by atoms with E-state index < -0.39 is 17.4 Å². The fourth-order valence-electron chi connectivity index (χ4n) is 5.61. The molecule has 0 bridgehead atoms. The summed E-state index contributed by atoms with van der Waals surface area (Å²) in [6, 6.07) is 0. The molecule has 0 amide bonds. The van der Waals surface area contributed by atoms with Crippen LogP contribution in [0.2, 0.25) is 0 Å². The predicted molar refractivity (Wildman–Crippen MR) is 93.5 cm³/mol. The van der Waals surface area contributed by atoms with Gasteiger partial charge < -0.3 is 9.84 Å². The molecule has 2 aliphatic carbocycles. The second-order valence-corrected chi connectivity index (χ2v) is 9.18. The van der Waals surface area contributed by atoms with Gasteiger partial charge >= 0.3 is 5.97 Å². The third-order valence-electron chi connectivity index (χ3n) is 7.02. The summed E-state index contributed by atoms with van der Waals surface area (Å²) in [4.78, 5) is 16.6. The van der Waals surface area contributed by atoms with Crippen LogP contribution in [0.4, 0.5) is 0 Å². The van der Waals surface area contributed by atoms with Crippen molar-refractivity contribution in [3.63, 3.8) is 0 Å². The SMILES string of the molecule is CC1=CC(=O)OC1(O)/C=C1\[C@@](C)(OO)CC[C@H]2C(C)(C)CCC[C@]12C. The van der Waals surface area contributed by atoms with E-state index in [9.17, 15) is 15.2 Å². The molecule has 3 rings (SSSR count). The Morgan fingerprint density at radius 2 is 1.92 bits per heavy atom. The molecule has 1 aliphatic heterocycles. The molecule has 1 heterocycles. The van der Waals surface area contributed by atoms with E-state index in [0.29, 0.717) is 17.9 Å². The minimum Gasteiger partial charge on any atom is -0.422 e. The van der Waals surface area contributed by atoms with E-state index in [4.69, 9.17) is 9.62 Å². The van der Waals surface area contributed by atoms with Crippen LogP contribution >= 0.6 is 0 Å². The third-order valence-corrected chi connectivity index (χ3v) is 7.02. The maximum absolute atomic E-state index is 11.6. The Hall–Kier alpha value is -1.17. The van der Waals surface area contributed by atoms with Gasteiger partial charge in [-0.2, -0.15) is 0 Å². The average molecular weight is 350 g/mol. The molecule has 25 heavy (non-hydrogen) atoms. The Bertz CT molecular complexity index is 648. The zero-order chi connectivity index (χ0) is 18.7. The van der Waals surface area contributed by atoms with Crippen LogP contribution in [0, 0.1) is 16.7 Å². The lowest BCUT2D eigenvalue weighted by Gasteiger charge is -2.58. The van der Waals surface area contributed by atoms with Crippen molar-refractivity contribution < 1.29 is 24.8 Å². The van der Waals surface area contributed by atoms with Crippen LogP contribution in [-0.2, 0) is 14.4 Å². The second-order valence-electron chi connectivity index (χ2n) is 9.18. The molecule has 5 heteroatoms. The summed E-state index contributed by atoms with van der Waals surface area (Å²) >= 11 is 0. The van der Waals surface area contributed by atoms with Crippen molar-refractivity contribution in [3.8, 4) is 0 Å². The lowest BCUT2D eigenvalue weighted by atomic mass is 9.47. The van der Waals surface area contributed by atoms with E-state index in [-0.39, 0.29) is 10.8 Å². The van der Waals surface area contributed by atoms with Crippen LogP contribution in [0.15, 0.2) is 23.3 Å². The monoisotopic (exact) mass is 350 g/mol. The number of hydrogen-bond acceptors (Lipinski definition) is 5. The van der Waals surface area contributed by atoms with Crippen LogP contribution in [0.3, 0.4) is 0 Å². The summed E-state index contributed by atoms with van der Waals surface area (Å²) in [7, 11) is 0. The first-order chi connectivity index (χ1) is 11.5. The minimum absolute atomic E-state index is 0.169. The van der Waals surface area contributed by atoms with Gasteiger partial charge in [-0.25, -0.2) is 9.68 Å². The number of ether oxygens (including phenoxy) is 1. The van der Waals surface area contributed by atoms with Gasteiger partial charge in [0, 0.05) is 11.6 Å². The van der Waals surface area contributed by atoms with Crippen molar-refractivity contribution in [2.24, 2.45) is 16.7 Å². The van der Waals surface area contributed by atoms with Gasteiger partial charge in [0.05, 0.1) is 0 Å². The number of carbonyl (C=O) groups excluding carboxylic acids is 1. The van der Waals surface area contributed by atoms with Crippen LogP contribution in [0.1, 0.15) is 66.7 Å². The Morgan fingerprint density at radius 1 is 1.24 bits per heavy atom. The Morgan fingerprint density at radius 3 is 2.48 bits per heavy atom. The van der Waals surface area contributed by atoms with Crippen molar-refractivity contribution >= 4 is 5.97 Å². The van der Waals surface area contributed by atoms with Gasteiger partial charge in [0.15, 0.2) is 0 Å². The van der Waals surface area contributed by atoms with Crippen molar-refractivity contribution in [2.75, 3.05) is 0 Å². The lowest BCUT2D eigenvalue weighted by molar-refractivity contribution is -0.319. The number of fused-ring (bicyclic) bond motifs is 1. The van der Waals surface area contributed by atoms with Gasteiger partial charge in [-0.1, -0.05) is 27.2 Å². The lowest BCUT2D eigenvalue weighted by Crippen LogP contribution is -2.54.